The fourth-order valence-electron chi connectivity index (χ4n) is 8.99. The van der Waals surface area contributed by atoms with E-state index in [0.29, 0.717) is 23.2 Å². The van der Waals surface area contributed by atoms with E-state index < -0.39 is 5.97 Å². The summed E-state index contributed by atoms with van der Waals surface area (Å²) in [5.41, 5.74) is 0.940. The van der Waals surface area contributed by atoms with Crippen LogP contribution in [0, 0.1) is 46.3 Å². The molecule has 4 rings (SSSR count). The summed E-state index contributed by atoms with van der Waals surface area (Å²) >= 11 is 0. The van der Waals surface area contributed by atoms with Crippen LogP contribution < -0.4 is 0 Å². The first-order valence-corrected chi connectivity index (χ1v) is 12.2. The van der Waals surface area contributed by atoms with Crippen LogP contribution in [0.15, 0.2) is 0 Å². The maximum atomic E-state index is 10.9. The molecule has 0 aromatic heterocycles. The van der Waals surface area contributed by atoms with Gasteiger partial charge in [-0.15, -0.1) is 0 Å². The molecule has 0 aromatic rings. The number of aliphatic hydroxyl groups is 1. The molecule has 0 aromatic carbocycles. The Labute approximate surface area is 171 Å². The highest BCUT2D eigenvalue weighted by Crippen LogP contribution is 2.68. The lowest BCUT2D eigenvalue weighted by molar-refractivity contribution is -0.137. The van der Waals surface area contributed by atoms with Crippen LogP contribution in [0.2, 0.25) is 0 Å². The van der Waals surface area contributed by atoms with Gasteiger partial charge in [-0.05, 0) is 117 Å². The molecule has 4 fully saturated rings. The number of hydrogen-bond donors (Lipinski definition) is 2. The van der Waals surface area contributed by atoms with Crippen LogP contribution >= 0.6 is 0 Å². The van der Waals surface area contributed by atoms with Crippen molar-refractivity contribution in [1.82, 2.24) is 0 Å². The van der Waals surface area contributed by atoms with Gasteiger partial charge in [0.05, 0.1) is 6.10 Å². The van der Waals surface area contributed by atoms with Gasteiger partial charge < -0.3 is 10.2 Å². The molecule has 4 saturated carbocycles. The number of carboxylic acid groups (broad SMARTS) is 1. The maximum absolute atomic E-state index is 10.9. The minimum atomic E-state index is -0.647. The highest BCUT2D eigenvalue weighted by Gasteiger charge is 2.60. The fraction of sp³-hybridized carbons (Fsp3) is 0.960. The normalized spacial score (nSPS) is 49.0. The molecule has 28 heavy (non-hydrogen) atoms. The van der Waals surface area contributed by atoms with Crippen molar-refractivity contribution in [3.63, 3.8) is 0 Å². The van der Waals surface area contributed by atoms with Gasteiger partial charge in [-0.1, -0.05) is 20.8 Å². The molecule has 3 nitrogen and oxygen atoms in total. The van der Waals surface area contributed by atoms with Gasteiger partial charge in [0.2, 0.25) is 0 Å². The predicted molar refractivity (Wildman–Crippen MR) is 112 cm³/mol. The largest absolute Gasteiger partial charge is 0.481 e. The zero-order chi connectivity index (χ0) is 20.1. The van der Waals surface area contributed by atoms with Crippen LogP contribution in [0.4, 0.5) is 0 Å². The van der Waals surface area contributed by atoms with Gasteiger partial charge in [-0.2, -0.15) is 0 Å². The Morgan fingerprint density at radius 3 is 2.46 bits per heavy atom. The molecule has 160 valence electrons. The fourth-order valence-corrected chi connectivity index (χ4v) is 8.99. The average molecular weight is 391 g/mol. The van der Waals surface area contributed by atoms with Gasteiger partial charge in [0, 0.05) is 6.42 Å². The Balaban J connectivity index is 1.47. The van der Waals surface area contributed by atoms with Crippen LogP contribution in [-0.2, 0) is 4.79 Å². The molecular formula is C25H42O3. The summed E-state index contributed by atoms with van der Waals surface area (Å²) in [6, 6.07) is 0. The lowest BCUT2D eigenvalue weighted by atomic mass is 9.44. The summed E-state index contributed by atoms with van der Waals surface area (Å²) < 4.78 is 0. The van der Waals surface area contributed by atoms with Crippen molar-refractivity contribution in [2.24, 2.45) is 46.3 Å². The van der Waals surface area contributed by atoms with E-state index in [-0.39, 0.29) is 6.10 Å². The van der Waals surface area contributed by atoms with Gasteiger partial charge in [0.1, 0.15) is 0 Å². The van der Waals surface area contributed by atoms with Gasteiger partial charge >= 0.3 is 5.97 Å². The van der Waals surface area contributed by atoms with Gasteiger partial charge in [-0.25, -0.2) is 0 Å². The quantitative estimate of drug-likeness (QED) is 0.614. The molecule has 4 unspecified atom stereocenters. The Morgan fingerprint density at radius 1 is 1.00 bits per heavy atom. The molecule has 4 aliphatic carbocycles. The summed E-state index contributed by atoms with van der Waals surface area (Å²) in [5.74, 6) is 4.18. The Bertz CT molecular complexity index is 588. The summed E-state index contributed by atoms with van der Waals surface area (Å²) in [6.07, 6.45) is 13.7. The first kappa shape index (κ1) is 20.7. The van der Waals surface area contributed by atoms with Crippen molar-refractivity contribution in [2.45, 2.75) is 104 Å². The molecule has 0 heterocycles. The van der Waals surface area contributed by atoms with Gasteiger partial charge in [0.25, 0.3) is 0 Å². The third-order valence-electron chi connectivity index (χ3n) is 10.4. The van der Waals surface area contributed by atoms with Crippen molar-refractivity contribution in [3.8, 4) is 0 Å². The van der Waals surface area contributed by atoms with E-state index >= 15 is 0 Å². The third-order valence-corrected chi connectivity index (χ3v) is 10.4. The third kappa shape index (κ3) is 3.34. The van der Waals surface area contributed by atoms with Gasteiger partial charge in [-0.3, -0.25) is 4.79 Å². The van der Waals surface area contributed by atoms with E-state index in [0.717, 1.165) is 55.3 Å². The Kier molecular flexibility index (Phi) is 5.61. The average Bonchev–Trinajstić information content (AvgIpc) is 2.99. The summed E-state index contributed by atoms with van der Waals surface area (Å²) in [7, 11) is 0. The van der Waals surface area contributed by atoms with Crippen LogP contribution in [-0.4, -0.2) is 22.3 Å². The first-order chi connectivity index (χ1) is 13.3. The van der Waals surface area contributed by atoms with Crippen molar-refractivity contribution < 1.29 is 15.0 Å². The molecule has 0 radical (unpaired) electrons. The number of carbonyl (C=O) groups is 1. The van der Waals surface area contributed by atoms with Crippen molar-refractivity contribution in [1.29, 1.82) is 0 Å². The number of aliphatic carboxylic acids is 1. The molecule has 3 heteroatoms. The topological polar surface area (TPSA) is 57.5 Å². The minimum absolute atomic E-state index is 0.0500. The molecule has 4 aliphatic rings. The molecule has 9 atom stereocenters. The SMILES string of the molecule is CC(CCCC(=O)O)[C@H]1CCC2C3CC[C@@H]4C[C@H](O)CC[C@]4(C)C3CC[C@@]21C. The van der Waals surface area contributed by atoms with E-state index in [4.69, 9.17) is 5.11 Å². The Hall–Kier alpha value is -0.570. The zero-order valence-corrected chi connectivity index (χ0v) is 18.3. The van der Waals surface area contributed by atoms with E-state index in [1.165, 1.54) is 44.9 Å². The maximum Gasteiger partial charge on any atom is 0.303 e. The second kappa shape index (κ2) is 7.60. The molecule has 0 saturated heterocycles. The van der Waals surface area contributed by atoms with E-state index in [9.17, 15) is 9.90 Å². The van der Waals surface area contributed by atoms with Crippen molar-refractivity contribution >= 4 is 5.97 Å². The van der Waals surface area contributed by atoms with Crippen LogP contribution in [0.3, 0.4) is 0 Å². The lowest BCUT2D eigenvalue weighted by Crippen LogP contribution is -2.54. The summed E-state index contributed by atoms with van der Waals surface area (Å²) in [4.78, 5) is 10.9. The molecule has 0 spiro atoms. The second-order valence-corrected chi connectivity index (χ2v) is 11.6. The molecular weight excluding hydrogens is 348 g/mol. The molecule has 0 aliphatic heterocycles. The zero-order valence-electron chi connectivity index (χ0n) is 18.3. The number of rotatable bonds is 5. The highest BCUT2D eigenvalue weighted by atomic mass is 16.4. The second-order valence-electron chi connectivity index (χ2n) is 11.6. The van der Waals surface area contributed by atoms with E-state index in [2.05, 4.69) is 20.8 Å². The minimum Gasteiger partial charge on any atom is -0.481 e. The van der Waals surface area contributed by atoms with E-state index in [1.54, 1.807) is 0 Å². The van der Waals surface area contributed by atoms with Crippen molar-refractivity contribution in [2.75, 3.05) is 0 Å². The molecule has 0 amide bonds. The number of fused-ring (bicyclic) bond motifs is 5. The number of aliphatic hydroxyl groups excluding tert-OH is 1. The monoisotopic (exact) mass is 390 g/mol. The predicted octanol–water partition coefficient (Wildman–Crippen LogP) is 5.90. The standard InChI is InChI=1S/C25H42O3/c1-16(5-4-6-23(27)28)20-9-10-21-19-8-7-17-15-18(26)11-13-24(17,2)22(19)12-14-25(20,21)3/h16-22,26H,4-15H2,1-3H3,(H,27,28)/t16?,17-,18-,19?,20-,21?,22?,24+,25-/m1/s1. The highest BCUT2D eigenvalue weighted by molar-refractivity contribution is 5.66. The van der Waals surface area contributed by atoms with Crippen LogP contribution in [0.5, 0.6) is 0 Å². The summed E-state index contributed by atoms with van der Waals surface area (Å²) in [6.45, 7) is 7.56. The molecule has 0 bridgehead atoms. The van der Waals surface area contributed by atoms with Crippen LogP contribution in [0.25, 0.3) is 0 Å². The number of carboxylic acids is 1. The lowest BCUT2D eigenvalue weighted by Gasteiger charge is -2.61. The van der Waals surface area contributed by atoms with Crippen LogP contribution in [0.1, 0.15) is 97.8 Å². The summed E-state index contributed by atoms with van der Waals surface area (Å²) in [5, 5.41) is 19.2. The van der Waals surface area contributed by atoms with E-state index in [1.807, 2.05) is 0 Å². The smallest absolute Gasteiger partial charge is 0.303 e. The van der Waals surface area contributed by atoms with Crippen molar-refractivity contribution in [3.05, 3.63) is 0 Å². The van der Waals surface area contributed by atoms with Gasteiger partial charge in [0.15, 0.2) is 0 Å². The first-order valence-electron chi connectivity index (χ1n) is 12.2. The molecule has 2 N–H and O–H groups in total. The Morgan fingerprint density at radius 2 is 1.71 bits per heavy atom. The number of hydrogen-bond acceptors (Lipinski definition) is 2.